The molecule has 2 aromatic rings. The highest BCUT2D eigenvalue weighted by Crippen LogP contribution is 2.30. The Hall–Kier alpha value is -1.56. The lowest BCUT2D eigenvalue weighted by Gasteiger charge is -2.22. The number of thiophene rings is 1. The van der Waals surface area contributed by atoms with Gasteiger partial charge in [0.05, 0.1) is 11.5 Å². The zero-order chi connectivity index (χ0) is 13.9. The van der Waals surface area contributed by atoms with Gasteiger partial charge in [0.2, 0.25) is 0 Å². The Bertz CT molecular complexity index is 586. The van der Waals surface area contributed by atoms with Crippen LogP contribution in [0.15, 0.2) is 41.8 Å². The van der Waals surface area contributed by atoms with Crippen LogP contribution in [0.5, 0.6) is 0 Å². The first-order valence-corrected chi connectivity index (χ1v) is 7.48. The van der Waals surface area contributed by atoms with Crippen molar-refractivity contribution in [3.8, 4) is 0 Å². The number of hydrogen-bond acceptors (Lipinski definition) is 3. The number of nitrogens with zero attached hydrogens (tertiary/aromatic N) is 1. The first-order chi connectivity index (χ1) is 9.74. The van der Waals surface area contributed by atoms with Crippen molar-refractivity contribution in [1.82, 2.24) is 4.90 Å². The summed E-state index contributed by atoms with van der Waals surface area (Å²) < 4.78 is 5.64. The van der Waals surface area contributed by atoms with Crippen molar-refractivity contribution >= 4 is 34.7 Å². The van der Waals surface area contributed by atoms with Gasteiger partial charge in [0.15, 0.2) is 6.23 Å². The Labute approximate surface area is 125 Å². The SMILES string of the molecule is O=C(Nc1ccc(Cl)cc1)N1CCO[C@@H]1c1cccs1. The van der Waals surface area contributed by atoms with Crippen LogP contribution in [-0.4, -0.2) is 24.1 Å². The number of benzene rings is 1. The van der Waals surface area contributed by atoms with Gasteiger partial charge in [-0.2, -0.15) is 0 Å². The fourth-order valence-electron chi connectivity index (χ4n) is 2.07. The van der Waals surface area contributed by atoms with E-state index in [2.05, 4.69) is 5.32 Å². The summed E-state index contributed by atoms with van der Waals surface area (Å²) in [7, 11) is 0. The van der Waals surface area contributed by atoms with Gasteiger partial charge in [-0.1, -0.05) is 17.7 Å². The summed E-state index contributed by atoms with van der Waals surface area (Å²) >= 11 is 7.41. The predicted molar refractivity (Wildman–Crippen MR) is 80.2 cm³/mol. The number of nitrogens with one attached hydrogen (secondary N) is 1. The van der Waals surface area contributed by atoms with Crippen LogP contribution in [0.3, 0.4) is 0 Å². The molecule has 0 spiro atoms. The first-order valence-electron chi connectivity index (χ1n) is 6.22. The maximum absolute atomic E-state index is 12.3. The zero-order valence-corrected chi connectivity index (χ0v) is 12.2. The minimum absolute atomic E-state index is 0.164. The molecule has 3 rings (SSSR count). The molecule has 0 unspecified atom stereocenters. The lowest BCUT2D eigenvalue weighted by atomic mass is 10.3. The fraction of sp³-hybridized carbons (Fsp3) is 0.214. The fourth-order valence-corrected chi connectivity index (χ4v) is 2.98. The molecule has 0 saturated carbocycles. The molecule has 2 amide bonds. The largest absolute Gasteiger partial charge is 0.351 e. The summed E-state index contributed by atoms with van der Waals surface area (Å²) in [6, 6.07) is 10.8. The molecule has 4 nitrogen and oxygen atoms in total. The quantitative estimate of drug-likeness (QED) is 0.912. The number of hydrogen-bond donors (Lipinski definition) is 1. The van der Waals surface area contributed by atoms with Gasteiger partial charge in [-0.05, 0) is 35.7 Å². The average Bonchev–Trinajstić information content (AvgIpc) is 3.11. The number of anilines is 1. The molecule has 20 heavy (non-hydrogen) atoms. The lowest BCUT2D eigenvalue weighted by molar-refractivity contribution is 0.0550. The molecule has 1 aromatic carbocycles. The minimum atomic E-state index is -0.290. The molecule has 1 saturated heterocycles. The van der Waals surface area contributed by atoms with Gasteiger partial charge < -0.3 is 10.1 Å². The number of carbonyl (C=O) groups is 1. The monoisotopic (exact) mass is 308 g/mol. The second-order valence-electron chi connectivity index (χ2n) is 4.37. The first kappa shape index (κ1) is 13.4. The molecule has 0 radical (unpaired) electrons. The van der Waals surface area contributed by atoms with Gasteiger partial charge in [-0.3, -0.25) is 4.90 Å². The van der Waals surface area contributed by atoms with Crippen LogP contribution in [0.2, 0.25) is 5.02 Å². The van der Waals surface area contributed by atoms with Crippen molar-refractivity contribution < 1.29 is 9.53 Å². The van der Waals surface area contributed by atoms with Gasteiger partial charge in [-0.25, -0.2) is 4.79 Å². The van der Waals surface area contributed by atoms with Crippen molar-refractivity contribution in [1.29, 1.82) is 0 Å². The molecule has 1 N–H and O–H groups in total. The summed E-state index contributed by atoms with van der Waals surface area (Å²) in [5.41, 5.74) is 0.719. The number of carbonyl (C=O) groups excluding carboxylic acids is 1. The van der Waals surface area contributed by atoms with Gasteiger partial charge in [-0.15, -0.1) is 11.3 Å². The van der Waals surface area contributed by atoms with Gasteiger partial charge in [0, 0.05) is 17.3 Å². The number of rotatable bonds is 2. The van der Waals surface area contributed by atoms with Crippen molar-refractivity contribution in [2.75, 3.05) is 18.5 Å². The summed E-state index contributed by atoms with van der Waals surface area (Å²) in [5, 5.41) is 5.48. The maximum atomic E-state index is 12.3. The van der Waals surface area contributed by atoms with E-state index in [0.29, 0.717) is 18.2 Å². The molecule has 0 aliphatic carbocycles. The maximum Gasteiger partial charge on any atom is 0.324 e. The van der Waals surface area contributed by atoms with Crippen molar-refractivity contribution in [2.24, 2.45) is 0 Å². The van der Waals surface area contributed by atoms with Crippen LogP contribution in [-0.2, 0) is 4.74 Å². The van der Waals surface area contributed by atoms with Crippen LogP contribution in [0.4, 0.5) is 10.5 Å². The van der Waals surface area contributed by atoms with Crippen molar-refractivity contribution in [2.45, 2.75) is 6.23 Å². The average molecular weight is 309 g/mol. The third-order valence-electron chi connectivity index (χ3n) is 3.03. The van der Waals surface area contributed by atoms with E-state index in [1.165, 1.54) is 0 Å². The molecule has 6 heteroatoms. The predicted octanol–water partition coefficient (Wildman–Crippen LogP) is 3.96. The highest BCUT2D eigenvalue weighted by Gasteiger charge is 2.31. The van der Waals surface area contributed by atoms with E-state index >= 15 is 0 Å². The topological polar surface area (TPSA) is 41.6 Å². The Kier molecular flexibility index (Phi) is 3.91. The minimum Gasteiger partial charge on any atom is -0.351 e. The summed E-state index contributed by atoms with van der Waals surface area (Å²) in [5.74, 6) is 0. The van der Waals surface area contributed by atoms with Crippen molar-refractivity contribution in [3.63, 3.8) is 0 Å². The van der Waals surface area contributed by atoms with Crippen LogP contribution >= 0.6 is 22.9 Å². The normalized spacial score (nSPS) is 18.2. The molecule has 0 bridgehead atoms. The number of amides is 2. The van der Waals surface area contributed by atoms with Gasteiger partial charge >= 0.3 is 6.03 Å². The Balaban J connectivity index is 1.71. The lowest BCUT2D eigenvalue weighted by Crippen LogP contribution is -2.34. The Morgan fingerprint density at radius 2 is 2.15 bits per heavy atom. The van der Waals surface area contributed by atoms with Gasteiger partial charge in [0.1, 0.15) is 0 Å². The summed E-state index contributed by atoms with van der Waals surface area (Å²) in [6.07, 6.45) is -0.290. The molecule has 1 atom stereocenters. The van der Waals surface area contributed by atoms with Gasteiger partial charge in [0.25, 0.3) is 0 Å². The number of urea groups is 1. The van der Waals surface area contributed by atoms with Crippen LogP contribution in [0.1, 0.15) is 11.1 Å². The molecule has 1 fully saturated rings. The molecule has 104 valence electrons. The van der Waals surface area contributed by atoms with E-state index in [1.807, 2.05) is 17.5 Å². The molecular formula is C14H13ClN2O2S. The molecule has 1 aromatic heterocycles. The van der Waals surface area contributed by atoms with Crippen LogP contribution < -0.4 is 5.32 Å². The molecule has 2 heterocycles. The Morgan fingerprint density at radius 1 is 1.35 bits per heavy atom. The summed E-state index contributed by atoms with van der Waals surface area (Å²) in [4.78, 5) is 15.0. The van der Waals surface area contributed by atoms with E-state index in [9.17, 15) is 4.79 Å². The number of halogens is 1. The standard InChI is InChI=1S/C14H13ClN2O2S/c15-10-3-5-11(6-4-10)16-14(18)17-7-8-19-13(17)12-2-1-9-20-12/h1-6,9,13H,7-8H2,(H,16,18)/t13-/m1/s1. The molecule has 1 aliphatic rings. The van der Waals surface area contributed by atoms with Crippen LogP contribution in [0, 0.1) is 0 Å². The zero-order valence-electron chi connectivity index (χ0n) is 10.6. The van der Waals surface area contributed by atoms with E-state index in [4.69, 9.17) is 16.3 Å². The second-order valence-corrected chi connectivity index (χ2v) is 5.78. The Morgan fingerprint density at radius 3 is 2.85 bits per heavy atom. The van der Waals surface area contributed by atoms with E-state index in [0.717, 1.165) is 10.6 Å². The third kappa shape index (κ3) is 2.80. The highest BCUT2D eigenvalue weighted by molar-refractivity contribution is 7.10. The van der Waals surface area contributed by atoms with E-state index in [-0.39, 0.29) is 12.3 Å². The number of ether oxygens (including phenoxy) is 1. The van der Waals surface area contributed by atoms with E-state index in [1.54, 1.807) is 40.5 Å². The van der Waals surface area contributed by atoms with Crippen LogP contribution in [0.25, 0.3) is 0 Å². The molecular weight excluding hydrogens is 296 g/mol. The second kappa shape index (κ2) is 5.83. The van der Waals surface area contributed by atoms with Crippen molar-refractivity contribution in [3.05, 3.63) is 51.7 Å². The third-order valence-corrected chi connectivity index (χ3v) is 4.19. The smallest absolute Gasteiger partial charge is 0.324 e. The van der Waals surface area contributed by atoms with E-state index < -0.39 is 0 Å². The summed E-state index contributed by atoms with van der Waals surface area (Å²) in [6.45, 7) is 1.14. The molecule has 1 aliphatic heterocycles. The highest BCUT2D eigenvalue weighted by atomic mass is 35.5.